The summed E-state index contributed by atoms with van der Waals surface area (Å²) in [5, 5.41) is 2.86. The van der Waals surface area contributed by atoms with Crippen molar-refractivity contribution in [2.24, 2.45) is 0 Å². The molecular weight excluding hydrogens is 432 g/mol. The Morgan fingerprint density at radius 3 is 2.59 bits per heavy atom. The van der Waals surface area contributed by atoms with Crippen LogP contribution in [0.15, 0.2) is 83.5 Å². The lowest BCUT2D eigenvalue weighted by atomic mass is 10.1. The Morgan fingerprint density at radius 1 is 0.941 bits per heavy atom. The van der Waals surface area contributed by atoms with Gasteiger partial charge in [-0.05, 0) is 48.0 Å². The zero-order valence-corrected chi connectivity index (χ0v) is 19.1. The molecule has 2 aromatic carbocycles. The summed E-state index contributed by atoms with van der Waals surface area (Å²) in [6.07, 6.45) is 2.27. The van der Waals surface area contributed by atoms with E-state index in [9.17, 15) is 4.79 Å². The third-order valence-electron chi connectivity index (χ3n) is 5.24. The molecule has 0 bridgehead atoms. The van der Waals surface area contributed by atoms with E-state index >= 15 is 0 Å². The molecule has 34 heavy (non-hydrogen) atoms. The maximum atomic E-state index is 12.5. The van der Waals surface area contributed by atoms with E-state index < -0.39 is 0 Å². The minimum atomic E-state index is -0.180. The molecule has 4 rings (SSSR count). The van der Waals surface area contributed by atoms with Crippen LogP contribution >= 0.6 is 0 Å². The zero-order chi connectivity index (χ0) is 23.8. The fraction of sp³-hybridized carbons (Fsp3) is 0.185. The Morgan fingerprint density at radius 2 is 1.79 bits per heavy atom. The summed E-state index contributed by atoms with van der Waals surface area (Å²) >= 11 is 0. The number of benzene rings is 2. The van der Waals surface area contributed by atoms with E-state index in [4.69, 9.17) is 18.6 Å². The van der Waals surface area contributed by atoms with E-state index in [0.29, 0.717) is 48.3 Å². The van der Waals surface area contributed by atoms with Crippen molar-refractivity contribution in [3.05, 3.63) is 95.9 Å². The zero-order valence-electron chi connectivity index (χ0n) is 19.1. The highest BCUT2D eigenvalue weighted by Crippen LogP contribution is 2.28. The number of furan rings is 1. The lowest BCUT2D eigenvalue weighted by Gasteiger charge is -2.11. The van der Waals surface area contributed by atoms with Crippen molar-refractivity contribution in [1.82, 2.24) is 10.3 Å². The molecule has 0 atom stereocenters. The summed E-state index contributed by atoms with van der Waals surface area (Å²) in [6.45, 7) is 0.791. The van der Waals surface area contributed by atoms with Gasteiger partial charge in [-0.15, -0.1) is 0 Å². The first-order valence-corrected chi connectivity index (χ1v) is 10.9. The summed E-state index contributed by atoms with van der Waals surface area (Å²) in [5.41, 5.74) is 3.17. The van der Waals surface area contributed by atoms with E-state index in [-0.39, 0.29) is 5.91 Å². The topological polar surface area (TPSA) is 82.8 Å². The molecule has 174 valence electrons. The Hall–Kier alpha value is -4.26. The molecule has 0 unspecified atom stereocenters. The SMILES string of the molecule is COc1ccc(CCOc2cccc(-c3cccc(C(=O)NCc4ccco4)c3)n2)cc1OC. The third-order valence-corrected chi connectivity index (χ3v) is 5.24. The molecule has 2 aromatic heterocycles. The average molecular weight is 459 g/mol. The molecule has 1 N–H and O–H groups in total. The average Bonchev–Trinajstić information content (AvgIpc) is 3.41. The predicted octanol–water partition coefficient (Wildman–Crippen LogP) is 4.91. The number of aromatic nitrogens is 1. The van der Waals surface area contributed by atoms with Crippen molar-refractivity contribution in [1.29, 1.82) is 0 Å². The molecule has 0 fully saturated rings. The van der Waals surface area contributed by atoms with Crippen LogP contribution in [0.1, 0.15) is 21.7 Å². The van der Waals surface area contributed by atoms with Gasteiger partial charge in [0.2, 0.25) is 5.88 Å². The molecule has 7 nitrogen and oxygen atoms in total. The van der Waals surface area contributed by atoms with Gasteiger partial charge < -0.3 is 23.9 Å². The minimum absolute atomic E-state index is 0.180. The van der Waals surface area contributed by atoms with Crippen molar-refractivity contribution in [2.75, 3.05) is 20.8 Å². The van der Waals surface area contributed by atoms with Crippen LogP contribution in [0.2, 0.25) is 0 Å². The summed E-state index contributed by atoms with van der Waals surface area (Å²) in [5.74, 6) is 2.42. The number of nitrogens with zero attached hydrogens (tertiary/aromatic N) is 1. The van der Waals surface area contributed by atoms with Gasteiger partial charge >= 0.3 is 0 Å². The molecular formula is C27H26N2O5. The van der Waals surface area contributed by atoms with Crippen molar-refractivity contribution in [3.63, 3.8) is 0 Å². The van der Waals surface area contributed by atoms with Crippen LogP contribution in [0.4, 0.5) is 0 Å². The Labute approximate surface area is 198 Å². The van der Waals surface area contributed by atoms with Gasteiger partial charge in [-0.3, -0.25) is 4.79 Å². The molecule has 0 aliphatic carbocycles. The number of carbonyl (C=O) groups is 1. The quantitative estimate of drug-likeness (QED) is 0.364. The van der Waals surface area contributed by atoms with Gasteiger partial charge in [-0.1, -0.05) is 24.3 Å². The first-order valence-electron chi connectivity index (χ1n) is 10.9. The number of carbonyl (C=O) groups excluding carboxylic acids is 1. The summed E-state index contributed by atoms with van der Waals surface area (Å²) in [7, 11) is 3.23. The highest BCUT2D eigenvalue weighted by molar-refractivity contribution is 5.95. The van der Waals surface area contributed by atoms with Gasteiger partial charge in [0.05, 0.1) is 39.3 Å². The van der Waals surface area contributed by atoms with Gasteiger partial charge in [0, 0.05) is 23.6 Å². The third kappa shape index (κ3) is 5.75. The Balaban J connectivity index is 1.38. The second-order valence-electron chi connectivity index (χ2n) is 7.49. The van der Waals surface area contributed by atoms with Gasteiger partial charge in [0.25, 0.3) is 5.91 Å². The molecule has 0 aliphatic heterocycles. The van der Waals surface area contributed by atoms with Crippen LogP contribution < -0.4 is 19.5 Å². The Kier molecular flexibility index (Phi) is 7.45. The highest BCUT2D eigenvalue weighted by atomic mass is 16.5. The highest BCUT2D eigenvalue weighted by Gasteiger charge is 2.10. The van der Waals surface area contributed by atoms with E-state index in [1.807, 2.05) is 60.7 Å². The molecule has 1 amide bonds. The van der Waals surface area contributed by atoms with Crippen LogP contribution in [0.3, 0.4) is 0 Å². The van der Waals surface area contributed by atoms with Crippen LogP contribution in [-0.2, 0) is 13.0 Å². The van der Waals surface area contributed by atoms with Gasteiger partial charge in [0.1, 0.15) is 5.76 Å². The van der Waals surface area contributed by atoms with Crippen LogP contribution in [0.5, 0.6) is 17.4 Å². The van der Waals surface area contributed by atoms with E-state index in [1.165, 1.54) is 0 Å². The predicted molar refractivity (Wildman–Crippen MR) is 128 cm³/mol. The molecule has 7 heteroatoms. The number of amides is 1. The van der Waals surface area contributed by atoms with Crippen LogP contribution in [0.25, 0.3) is 11.3 Å². The number of nitrogens with one attached hydrogen (secondary N) is 1. The monoisotopic (exact) mass is 458 g/mol. The van der Waals surface area contributed by atoms with Crippen LogP contribution in [0, 0.1) is 0 Å². The number of methoxy groups -OCH3 is 2. The molecule has 0 aliphatic rings. The lowest BCUT2D eigenvalue weighted by Crippen LogP contribution is -2.22. The molecule has 0 spiro atoms. The fourth-order valence-electron chi connectivity index (χ4n) is 3.47. The van der Waals surface area contributed by atoms with E-state index in [0.717, 1.165) is 16.8 Å². The van der Waals surface area contributed by atoms with Gasteiger partial charge in [-0.25, -0.2) is 4.98 Å². The maximum absolute atomic E-state index is 12.5. The number of rotatable bonds is 10. The van der Waals surface area contributed by atoms with Crippen molar-refractivity contribution in [3.8, 4) is 28.6 Å². The standard InChI is InChI=1S/C27H26N2O5/c1-31-24-12-11-19(16-25(24)32-2)13-15-34-26-10-4-9-23(29-26)20-6-3-7-21(17-20)27(30)28-18-22-8-5-14-33-22/h3-12,14,16-17H,13,15,18H2,1-2H3,(H,28,30). The fourth-order valence-corrected chi connectivity index (χ4v) is 3.47. The molecule has 4 aromatic rings. The first kappa shape index (κ1) is 22.9. The first-order chi connectivity index (χ1) is 16.7. The summed E-state index contributed by atoms with van der Waals surface area (Å²) in [6, 6.07) is 22.3. The van der Waals surface area contributed by atoms with Crippen LogP contribution in [-0.4, -0.2) is 31.7 Å². The van der Waals surface area contributed by atoms with Crippen molar-refractivity contribution < 1.29 is 23.4 Å². The van der Waals surface area contributed by atoms with Crippen molar-refractivity contribution >= 4 is 5.91 Å². The van der Waals surface area contributed by atoms with Gasteiger partial charge in [-0.2, -0.15) is 0 Å². The molecule has 2 heterocycles. The lowest BCUT2D eigenvalue weighted by molar-refractivity contribution is 0.0948. The number of pyridine rings is 1. The largest absolute Gasteiger partial charge is 0.493 e. The molecule has 0 saturated heterocycles. The number of hydrogen-bond acceptors (Lipinski definition) is 6. The summed E-state index contributed by atoms with van der Waals surface area (Å²) in [4.78, 5) is 17.1. The number of ether oxygens (including phenoxy) is 3. The van der Waals surface area contributed by atoms with E-state index in [2.05, 4.69) is 10.3 Å². The molecule has 0 saturated carbocycles. The number of hydrogen-bond donors (Lipinski definition) is 1. The summed E-state index contributed by atoms with van der Waals surface area (Å²) < 4.78 is 21.8. The second-order valence-corrected chi connectivity index (χ2v) is 7.49. The second kappa shape index (κ2) is 11.0. The van der Waals surface area contributed by atoms with E-state index in [1.54, 1.807) is 32.6 Å². The van der Waals surface area contributed by atoms with Gasteiger partial charge in [0.15, 0.2) is 11.5 Å². The molecule has 0 radical (unpaired) electrons. The smallest absolute Gasteiger partial charge is 0.251 e. The maximum Gasteiger partial charge on any atom is 0.251 e. The Bertz CT molecular complexity index is 1240. The minimum Gasteiger partial charge on any atom is -0.493 e. The van der Waals surface area contributed by atoms with Crippen molar-refractivity contribution in [2.45, 2.75) is 13.0 Å². The normalized spacial score (nSPS) is 10.5.